The standard InChI is InChI=1S/C15H20ClNO3/c16-13-8-12(3-5-14(13)18)10-17-7-1-2-11(9-17)4-6-15(19)20/h3,5,8,11,18H,1-2,4,6-7,9-10H2,(H,19,20). The molecule has 20 heavy (non-hydrogen) atoms. The molecule has 4 nitrogen and oxygen atoms in total. The van der Waals surface area contributed by atoms with E-state index in [0.717, 1.165) is 44.5 Å². The Morgan fingerprint density at radius 1 is 1.45 bits per heavy atom. The minimum Gasteiger partial charge on any atom is -0.506 e. The maximum atomic E-state index is 10.6. The molecule has 1 heterocycles. The molecule has 1 aliphatic rings. The molecule has 0 bridgehead atoms. The van der Waals surface area contributed by atoms with Gasteiger partial charge in [-0.2, -0.15) is 0 Å². The number of phenolic OH excluding ortho intramolecular Hbond substituents is 1. The summed E-state index contributed by atoms with van der Waals surface area (Å²) in [7, 11) is 0. The van der Waals surface area contributed by atoms with E-state index in [0.29, 0.717) is 10.9 Å². The third kappa shape index (κ3) is 4.39. The Kier molecular flexibility index (Phi) is 5.26. The topological polar surface area (TPSA) is 60.8 Å². The Hall–Kier alpha value is -1.26. The summed E-state index contributed by atoms with van der Waals surface area (Å²) < 4.78 is 0. The number of rotatable bonds is 5. The second kappa shape index (κ2) is 6.95. The second-order valence-corrected chi connectivity index (χ2v) is 5.87. The third-order valence-corrected chi connectivity index (χ3v) is 4.09. The van der Waals surface area contributed by atoms with Gasteiger partial charge in [-0.05, 0) is 49.4 Å². The van der Waals surface area contributed by atoms with E-state index in [1.165, 1.54) is 0 Å². The molecule has 1 atom stereocenters. The molecule has 1 aromatic rings. The van der Waals surface area contributed by atoms with E-state index < -0.39 is 5.97 Å². The van der Waals surface area contributed by atoms with Crippen molar-refractivity contribution in [1.82, 2.24) is 4.90 Å². The zero-order chi connectivity index (χ0) is 14.5. The number of aliphatic carboxylic acids is 1. The monoisotopic (exact) mass is 297 g/mol. The number of carboxylic acid groups (broad SMARTS) is 1. The number of hydrogen-bond acceptors (Lipinski definition) is 3. The van der Waals surface area contributed by atoms with Crippen LogP contribution in [0.15, 0.2) is 18.2 Å². The quantitative estimate of drug-likeness (QED) is 0.876. The number of phenols is 1. The minimum atomic E-state index is -0.715. The average Bonchev–Trinajstić information content (AvgIpc) is 2.41. The Morgan fingerprint density at radius 3 is 2.95 bits per heavy atom. The van der Waals surface area contributed by atoms with Crippen LogP contribution in [0.5, 0.6) is 5.75 Å². The molecule has 1 saturated heterocycles. The zero-order valence-corrected chi connectivity index (χ0v) is 12.1. The van der Waals surface area contributed by atoms with Crippen molar-refractivity contribution in [1.29, 1.82) is 0 Å². The SMILES string of the molecule is O=C(O)CCC1CCCN(Cc2ccc(O)c(Cl)c2)C1. The molecule has 1 aliphatic heterocycles. The second-order valence-electron chi connectivity index (χ2n) is 5.46. The highest BCUT2D eigenvalue weighted by atomic mass is 35.5. The van der Waals surface area contributed by atoms with Gasteiger partial charge in [0.25, 0.3) is 0 Å². The first-order valence-corrected chi connectivity index (χ1v) is 7.34. The molecule has 1 aromatic carbocycles. The van der Waals surface area contributed by atoms with Crippen LogP contribution in [0, 0.1) is 5.92 Å². The summed E-state index contributed by atoms with van der Waals surface area (Å²) in [6.45, 7) is 2.76. The Labute approximate surface area is 124 Å². The number of benzene rings is 1. The summed E-state index contributed by atoms with van der Waals surface area (Å²) >= 11 is 5.91. The molecular weight excluding hydrogens is 278 g/mol. The van der Waals surface area contributed by atoms with Gasteiger partial charge in [-0.25, -0.2) is 0 Å². The predicted octanol–water partition coefficient (Wildman–Crippen LogP) is 3.12. The molecule has 5 heteroatoms. The summed E-state index contributed by atoms with van der Waals surface area (Å²) in [5.74, 6) is -0.145. The fourth-order valence-electron chi connectivity index (χ4n) is 2.77. The number of aromatic hydroxyl groups is 1. The van der Waals surface area contributed by atoms with Crippen molar-refractivity contribution in [2.24, 2.45) is 5.92 Å². The van der Waals surface area contributed by atoms with Gasteiger partial charge in [-0.15, -0.1) is 0 Å². The van der Waals surface area contributed by atoms with Crippen molar-refractivity contribution in [2.45, 2.75) is 32.2 Å². The highest BCUT2D eigenvalue weighted by molar-refractivity contribution is 6.32. The van der Waals surface area contributed by atoms with E-state index in [9.17, 15) is 9.90 Å². The smallest absolute Gasteiger partial charge is 0.303 e. The average molecular weight is 298 g/mol. The summed E-state index contributed by atoms with van der Waals surface area (Å²) in [6.07, 6.45) is 3.22. The van der Waals surface area contributed by atoms with Crippen LogP contribution in [0.25, 0.3) is 0 Å². The number of carbonyl (C=O) groups is 1. The number of likely N-dealkylation sites (tertiary alicyclic amines) is 1. The van der Waals surface area contributed by atoms with E-state index in [1.54, 1.807) is 12.1 Å². The number of carboxylic acids is 1. The van der Waals surface area contributed by atoms with Crippen molar-refractivity contribution in [3.05, 3.63) is 28.8 Å². The molecule has 110 valence electrons. The molecule has 1 unspecified atom stereocenters. The first-order valence-electron chi connectivity index (χ1n) is 6.96. The number of halogens is 1. The molecule has 0 aromatic heterocycles. The third-order valence-electron chi connectivity index (χ3n) is 3.79. The molecule has 2 N–H and O–H groups in total. The van der Waals surface area contributed by atoms with Gasteiger partial charge in [0.1, 0.15) is 5.75 Å². The van der Waals surface area contributed by atoms with Crippen LogP contribution in [0.3, 0.4) is 0 Å². The first kappa shape index (κ1) is 15.1. The van der Waals surface area contributed by atoms with Crippen LogP contribution in [-0.4, -0.2) is 34.2 Å². The summed E-state index contributed by atoms with van der Waals surface area (Å²) in [5.41, 5.74) is 1.08. The lowest BCUT2D eigenvalue weighted by Gasteiger charge is -2.32. The van der Waals surface area contributed by atoms with Crippen LogP contribution in [0.2, 0.25) is 5.02 Å². The van der Waals surface area contributed by atoms with Gasteiger partial charge in [0, 0.05) is 19.5 Å². The fraction of sp³-hybridized carbons (Fsp3) is 0.533. The molecule has 0 amide bonds. The molecule has 0 radical (unpaired) electrons. The van der Waals surface area contributed by atoms with E-state index >= 15 is 0 Å². The fourth-order valence-corrected chi connectivity index (χ4v) is 2.97. The van der Waals surface area contributed by atoms with E-state index in [-0.39, 0.29) is 12.2 Å². The van der Waals surface area contributed by atoms with Crippen molar-refractivity contribution in [3.8, 4) is 5.75 Å². The number of nitrogens with zero attached hydrogens (tertiary/aromatic N) is 1. The summed E-state index contributed by atoms with van der Waals surface area (Å²) in [4.78, 5) is 13.0. The highest BCUT2D eigenvalue weighted by Crippen LogP contribution is 2.26. The maximum absolute atomic E-state index is 10.6. The van der Waals surface area contributed by atoms with E-state index in [2.05, 4.69) is 4.90 Å². The van der Waals surface area contributed by atoms with Crippen molar-refractivity contribution < 1.29 is 15.0 Å². The Morgan fingerprint density at radius 2 is 2.25 bits per heavy atom. The van der Waals surface area contributed by atoms with Gasteiger partial charge in [-0.3, -0.25) is 9.69 Å². The van der Waals surface area contributed by atoms with Crippen LogP contribution in [0.1, 0.15) is 31.2 Å². The highest BCUT2D eigenvalue weighted by Gasteiger charge is 2.20. The first-order chi connectivity index (χ1) is 9.54. The van der Waals surface area contributed by atoms with Crippen molar-refractivity contribution in [2.75, 3.05) is 13.1 Å². The lowest BCUT2D eigenvalue weighted by molar-refractivity contribution is -0.137. The molecule has 0 saturated carbocycles. The molecule has 1 fully saturated rings. The van der Waals surface area contributed by atoms with Crippen LogP contribution >= 0.6 is 11.6 Å². The van der Waals surface area contributed by atoms with Crippen LogP contribution < -0.4 is 0 Å². The van der Waals surface area contributed by atoms with Gasteiger partial charge >= 0.3 is 5.97 Å². The Balaban J connectivity index is 1.88. The molecular formula is C15H20ClNO3. The predicted molar refractivity (Wildman–Crippen MR) is 78.0 cm³/mol. The van der Waals surface area contributed by atoms with Gasteiger partial charge < -0.3 is 10.2 Å². The normalized spacial score (nSPS) is 19.9. The van der Waals surface area contributed by atoms with Crippen molar-refractivity contribution in [3.63, 3.8) is 0 Å². The van der Waals surface area contributed by atoms with Crippen LogP contribution in [0.4, 0.5) is 0 Å². The van der Waals surface area contributed by atoms with E-state index in [1.807, 2.05) is 6.07 Å². The summed E-state index contributed by atoms with van der Waals surface area (Å²) in [5, 5.41) is 18.5. The molecule has 0 spiro atoms. The van der Waals surface area contributed by atoms with Gasteiger partial charge in [0.2, 0.25) is 0 Å². The van der Waals surface area contributed by atoms with Gasteiger partial charge in [-0.1, -0.05) is 17.7 Å². The van der Waals surface area contributed by atoms with Crippen molar-refractivity contribution >= 4 is 17.6 Å². The number of piperidine rings is 1. The lowest BCUT2D eigenvalue weighted by atomic mass is 9.93. The molecule has 0 aliphatic carbocycles. The largest absolute Gasteiger partial charge is 0.506 e. The van der Waals surface area contributed by atoms with Gasteiger partial charge in [0.15, 0.2) is 0 Å². The number of hydrogen-bond donors (Lipinski definition) is 2. The lowest BCUT2D eigenvalue weighted by Crippen LogP contribution is -2.35. The van der Waals surface area contributed by atoms with Gasteiger partial charge in [0.05, 0.1) is 5.02 Å². The van der Waals surface area contributed by atoms with E-state index in [4.69, 9.17) is 16.7 Å². The minimum absolute atomic E-state index is 0.105. The maximum Gasteiger partial charge on any atom is 0.303 e. The van der Waals surface area contributed by atoms with Crippen LogP contribution in [-0.2, 0) is 11.3 Å². The molecule has 2 rings (SSSR count). The summed E-state index contributed by atoms with van der Waals surface area (Å²) in [6, 6.07) is 5.28. The Bertz CT molecular complexity index is 478. The zero-order valence-electron chi connectivity index (χ0n) is 11.4.